The summed E-state index contributed by atoms with van der Waals surface area (Å²) in [5.41, 5.74) is 4.66. The van der Waals surface area contributed by atoms with Crippen molar-refractivity contribution in [2.45, 2.75) is 34.1 Å². The molecule has 2 rings (SSSR count). The van der Waals surface area contributed by atoms with Gasteiger partial charge in [-0.25, -0.2) is 0 Å². The lowest BCUT2D eigenvalue weighted by molar-refractivity contribution is -0.117. The Bertz CT molecular complexity index is 815. The van der Waals surface area contributed by atoms with Crippen molar-refractivity contribution in [3.8, 4) is 5.75 Å². The highest BCUT2D eigenvalue weighted by atomic mass is 16.5. The number of benzene rings is 2. The van der Waals surface area contributed by atoms with Crippen molar-refractivity contribution < 1.29 is 14.3 Å². The van der Waals surface area contributed by atoms with Gasteiger partial charge in [-0.05, 0) is 50.1 Å². The fraction of sp³-hybridized carbons (Fsp3) is 0.333. The number of aryl methyl sites for hydroxylation is 3. The van der Waals surface area contributed by atoms with E-state index in [1.54, 1.807) is 12.0 Å². The highest BCUT2D eigenvalue weighted by Crippen LogP contribution is 2.29. The van der Waals surface area contributed by atoms with E-state index in [4.69, 9.17) is 4.74 Å². The van der Waals surface area contributed by atoms with Crippen LogP contribution < -0.4 is 15.0 Å². The molecule has 1 N–H and O–H groups in total. The van der Waals surface area contributed by atoms with Crippen LogP contribution in [-0.4, -0.2) is 25.5 Å². The van der Waals surface area contributed by atoms with Gasteiger partial charge in [0.05, 0.1) is 12.8 Å². The molecule has 0 saturated heterocycles. The molecule has 0 heterocycles. The number of carbonyl (C=O) groups excluding carboxylic acids is 2. The van der Waals surface area contributed by atoms with E-state index < -0.39 is 0 Å². The van der Waals surface area contributed by atoms with Gasteiger partial charge in [-0.1, -0.05) is 23.8 Å². The van der Waals surface area contributed by atoms with Crippen molar-refractivity contribution in [3.05, 3.63) is 53.1 Å². The van der Waals surface area contributed by atoms with Gasteiger partial charge in [0.25, 0.3) is 0 Å². The number of amides is 2. The predicted molar refractivity (Wildman–Crippen MR) is 105 cm³/mol. The summed E-state index contributed by atoms with van der Waals surface area (Å²) in [5, 5.41) is 2.91. The number of carbonyl (C=O) groups is 2. The van der Waals surface area contributed by atoms with E-state index in [9.17, 15) is 9.59 Å². The minimum atomic E-state index is -0.131. The molecule has 2 aromatic rings. The SMILES string of the molecule is COc1ccc(C)cc1N(CCC(=O)Nc1ccc(C)cc1C)C(C)=O. The van der Waals surface area contributed by atoms with Gasteiger partial charge >= 0.3 is 0 Å². The summed E-state index contributed by atoms with van der Waals surface area (Å²) in [6.07, 6.45) is 0.198. The molecule has 0 bridgehead atoms. The standard InChI is InChI=1S/C21H26N2O3/c1-14-6-8-18(16(3)12-14)22-21(25)10-11-23(17(4)24)19-13-15(2)7-9-20(19)26-5/h6-9,12-13H,10-11H2,1-5H3,(H,22,25). The number of anilines is 2. The molecule has 0 atom stereocenters. The number of rotatable bonds is 6. The number of ether oxygens (including phenoxy) is 1. The summed E-state index contributed by atoms with van der Waals surface area (Å²) in [5.74, 6) is 0.351. The van der Waals surface area contributed by atoms with Crippen LogP contribution in [0.2, 0.25) is 0 Å². The maximum Gasteiger partial charge on any atom is 0.226 e. The number of nitrogens with one attached hydrogen (secondary N) is 1. The van der Waals surface area contributed by atoms with Crippen LogP contribution in [0.5, 0.6) is 5.75 Å². The van der Waals surface area contributed by atoms with Gasteiger partial charge in [-0.3, -0.25) is 9.59 Å². The van der Waals surface area contributed by atoms with E-state index in [-0.39, 0.29) is 24.8 Å². The van der Waals surface area contributed by atoms with Crippen molar-refractivity contribution in [2.24, 2.45) is 0 Å². The lowest BCUT2D eigenvalue weighted by Crippen LogP contribution is -2.32. The number of methoxy groups -OCH3 is 1. The van der Waals surface area contributed by atoms with Crippen LogP contribution in [0.15, 0.2) is 36.4 Å². The summed E-state index contributed by atoms with van der Waals surface area (Å²) >= 11 is 0. The van der Waals surface area contributed by atoms with Crippen LogP contribution in [0.4, 0.5) is 11.4 Å². The van der Waals surface area contributed by atoms with E-state index in [1.807, 2.05) is 57.2 Å². The summed E-state index contributed by atoms with van der Waals surface area (Å²) in [7, 11) is 1.57. The third-order valence-electron chi connectivity index (χ3n) is 4.22. The first-order valence-corrected chi connectivity index (χ1v) is 8.61. The normalized spacial score (nSPS) is 10.3. The van der Waals surface area contributed by atoms with Crippen molar-refractivity contribution in [1.82, 2.24) is 0 Å². The molecule has 0 aliphatic carbocycles. The molecule has 26 heavy (non-hydrogen) atoms. The zero-order chi connectivity index (χ0) is 19.3. The third-order valence-corrected chi connectivity index (χ3v) is 4.22. The van der Waals surface area contributed by atoms with Crippen LogP contribution in [0, 0.1) is 20.8 Å². The second kappa shape index (κ2) is 8.52. The smallest absolute Gasteiger partial charge is 0.226 e. The lowest BCUT2D eigenvalue weighted by Gasteiger charge is -2.23. The van der Waals surface area contributed by atoms with E-state index >= 15 is 0 Å². The predicted octanol–water partition coefficient (Wildman–Crippen LogP) is 4.00. The summed E-state index contributed by atoms with van der Waals surface area (Å²) in [6, 6.07) is 11.5. The molecule has 0 saturated carbocycles. The Balaban J connectivity index is 2.10. The Morgan fingerprint density at radius 3 is 2.31 bits per heavy atom. The Morgan fingerprint density at radius 1 is 1.04 bits per heavy atom. The van der Waals surface area contributed by atoms with E-state index in [0.29, 0.717) is 11.4 Å². The molecular formula is C21H26N2O3. The van der Waals surface area contributed by atoms with Gasteiger partial charge in [0, 0.05) is 25.6 Å². The second-order valence-corrected chi connectivity index (χ2v) is 6.46. The molecule has 0 aromatic heterocycles. The van der Waals surface area contributed by atoms with Crippen LogP contribution in [0.25, 0.3) is 0 Å². The van der Waals surface area contributed by atoms with E-state index in [1.165, 1.54) is 6.92 Å². The summed E-state index contributed by atoms with van der Waals surface area (Å²) in [4.78, 5) is 26.1. The monoisotopic (exact) mass is 354 g/mol. The Labute approximate surface area is 155 Å². The molecule has 0 aliphatic heterocycles. The van der Waals surface area contributed by atoms with E-state index in [0.717, 1.165) is 22.4 Å². The quantitative estimate of drug-likeness (QED) is 0.853. The van der Waals surface area contributed by atoms with Crippen LogP contribution in [0.1, 0.15) is 30.0 Å². The van der Waals surface area contributed by atoms with Crippen molar-refractivity contribution in [3.63, 3.8) is 0 Å². The number of hydrogen-bond acceptors (Lipinski definition) is 3. The van der Waals surface area contributed by atoms with Crippen LogP contribution in [-0.2, 0) is 9.59 Å². The Hall–Kier alpha value is -2.82. The van der Waals surface area contributed by atoms with Gasteiger partial charge < -0.3 is 15.0 Å². The van der Waals surface area contributed by atoms with Gasteiger partial charge in [0.1, 0.15) is 5.75 Å². The maximum atomic E-state index is 12.3. The molecule has 2 aromatic carbocycles. The van der Waals surface area contributed by atoms with Gasteiger partial charge in [0.15, 0.2) is 0 Å². The van der Waals surface area contributed by atoms with Gasteiger partial charge in [-0.2, -0.15) is 0 Å². The fourth-order valence-electron chi connectivity index (χ4n) is 2.84. The molecular weight excluding hydrogens is 328 g/mol. The van der Waals surface area contributed by atoms with Crippen molar-refractivity contribution in [2.75, 3.05) is 23.9 Å². The lowest BCUT2D eigenvalue weighted by atomic mass is 10.1. The molecule has 138 valence electrons. The topological polar surface area (TPSA) is 58.6 Å². The van der Waals surface area contributed by atoms with Gasteiger partial charge in [-0.15, -0.1) is 0 Å². The van der Waals surface area contributed by atoms with Crippen molar-refractivity contribution in [1.29, 1.82) is 0 Å². The molecule has 5 heteroatoms. The minimum absolute atomic E-state index is 0.130. The third kappa shape index (κ3) is 4.85. The molecule has 0 spiro atoms. The average molecular weight is 354 g/mol. The fourth-order valence-corrected chi connectivity index (χ4v) is 2.84. The first-order chi connectivity index (χ1) is 12.3. The van der Waals surface area contributed by atoms with E-state index in [2.05, 4.69) is 5.32 Å². The summed E-state index contributed by atoms with van der Waals surface area (Å²) in [6.45, 7) is 7.70. The second-order valence-electron chi connectivity index (χ2n) is 6.46. The largest absolute Gasteiger partial charge is 0.495 e. The molecule has 2 amide bonds. The van der Waals surface area contributed by atoms with Crippen molar-refractivity contribution >= 4 is 23.2 Å². The maximum absolute atomic E-state index is 12.3. The first-order valence-electron chi connectivity index (χ1n) is 8.61. The summed E-state index contributed by atoms with van der Waals surface area (Å²) < 4.78 is 5.37. The zero-order valence-electron chi connectivity index (χ0n) is 16.1. The average Bonchev–Trinajstić information content (AvgIpc) is 2.57. The highest BCUT2D eigenvalue weighted by molar-refractivity contribution is 5.96. The highest BCUT2D eigenvalue weighted by Gasteiger charge is 2.18. The Kier molecular flexibility index (Phi) is 6.39. The molecule has 0 fully saturated rings. The molecule has 5 nitrogen and oxygen atoms in total. The molecule has 0 unspecified atom stereocenters. The van der Waals surface area contributed by atoms with Crippen LogP contribution in [0.3, 0.4) is 0 Å². The molecule has 0 aliphatic rings. The Morgan fingerprint density at radius 2 is 1.69 bits per heavy atom. The van der Waals surface area contributed by atoms with Gasteiger partial charge in [0.2, 0.25) is 11.8 Å². The number of nitrogens with zero attached hydrogens (tertiary/aromatic N) is 1. The zero-order valence-corrected chi connectivity index (χ0v) is 16.1. The molecule has 0 radical (unpaired) electrons. The number of hydrogen-bond donors (Lipinski definition) is 1. The first kappa shape index (κ1) is 19.5. The van der Waals surface area contributed by atoms with Crippen LogP contribution >= 0.6 is 0 Å². The minimum Gasteiger partial charge on any atom is -0.495 e.